The van der Waals surface area contributed by atoms with Crippen LogP contribution in [0, 0.1) is 11.3 Å². The predicted molar refractivity (Wildman–Crippen MR) is 315 cm³/mol. The molecule has 0 spiro atoms. The molecule has 362 valence electrons. The number of nitriles is 1. The average molecular weight is 997 g/mol. The highest BCUT2D eigenvalue weighted by molar-refractivity contribution is 6.26. The molecule has 0 atom stereocenters. The zero-order chi connectivity index (χ0) is 51.4. The van der Waals surface area contributed by atoms with Crippen LogP contribution in [0.4, 0.5) is 0 Å². The minimum absolute atomic E-state index is 0.473. The maximum atomic E-state index is 12.0. The SMILES string of the molecule is N#Cc1cc(-c2ccccc2-c2nc(-c3ccccc3)nc(-c3ccccc3)n2)c(-n2c3ccccc3c3c4oc5ccccc5c4ccc32)c(-c2ccccc2)c1-n1c2ccccc2c2c3oc4ccccc4c3ccc21. The lowest BCUT2D eigenvalue weighted by Gasteiger charge is -2.25. The van der Waals surface area contributed by atoms with Crippen molar-refractivity contribution in [1.82, 2.24) is 24.1 Å². The second-order valence-electron chi connectivity index (χ2n) is 19.7. The molecule has 5 heterocycles. The molecule has 5 aromatic heterocycles. The molecule has 0 aliphatic heterocycles. The molecule has 0 saturated heterocycles. The topological polar surface area (TPSA) is 98.6 Å². The number of hydrogen-bond donors (Lipinski definition) is 0. The lowest BCUT2D eigenvalue weighted by molar-refractivity contribution is 0.672. The molecule has 0 saturated carbocycles. The van der Waals surface area contributed by atoms with Crippen LogP contribution in [0.1, 0.15) is 5.56 Å². The van der Waals surface area contributed by atoms with Gasteiger partial charge in [0.2, 0.25) is 0 Å². The summed E-state index contributed by atoms with van der Waals surface area (Å²) in [7, 11) is 0. The number of aromatic nitrogens is 5. The molecule has 0 aliphatic rings. The van der Waals surface area contributed by atoms with Gasteiger partial charge in [-0.2, -0.15) is 5.26 Å². The monoisotopic (exact) mass is 996 g/mol. The van der Waals surface area contributed by atoms with Gasteiger partial charge in [-0.05, 0) is 65.7 Å². The van der Waals surface area contributed by atoms with Crippen LogP contribution >= 0.6 is 0 Å². The van der Waals surface area contributed by atoms with Gasteiger partial charge in [-0.25, -0.2) is 15.0 Å². The summed E-state index contributed by atoms with van der Waals surface area (Å²) in [5, 5.41) is 20.2. The van der Waals surface area contributed by atoms with Gasteiger partial charge >= 0.3 is 0 Å². The third-order valence-electron chi connectivity index (χ3n) is 15.4. The van der Waals surface area contributed by atoms with Crippen molar-refractivity contribution in [1.29, 1.82) is 5.26 Å². The molecule has 0 unspecified atom stereocenters. The third-order valence-corrected chi connectivity index (χ3v) is 15.4. The van der Waals surface area contributed by atoms with Crippen molar-refractivity contribution in [3.8, 4) is 73.9 Å². The highest BCUT2D eigenvalue weighted by Gasteiger charge is 2.31. The first-order chi connectivity index (χ1) is 38.7. The quantitative estimate of drug-likeness (QED) is 0.158. The number of para-hydroxylation sites is 4. The third kappa shape index (κ3) is 6.43. The van der Waals surface area contributed by atoms with Gasteiger partial charge in [0.25, 0.3) is 0 Å². The van der Waals surface area contributed by atoms with Crippen LogP contribution in [0.2, 0.25) is 0 Å². The zero-order valence-corrected chi connectivity index (χ0v) is 41.6. The van der Waals surface area contributed by atoms with Crippen molar-refractivity contribution in [2.45, 2.75) is 0 Å². The molecular weight excluding hydrogens is 957 g/mol. The van der Waals surface area contributed by atoms with Crippen molar-refractivity contribution < 1.29 is 8.83 Å². The summed E-state index contributed by atoms with van der Waals surface area (Å²) >= 11 is 0. The number of fused-ring (bicyclic) bond motifs is 14. The summed E-state index contributed by atoms with van der Waals surface area (Å²) in [6.07, 6.45) is 0. The van der Waals surface area contributed by atoms with Gasteiger partial charge in [0.1, 0.15) is 28.4 Å². The molecule has 0 amide bonds. The van der Waals surface area contributed by atoms with Crippen molar-refractivity contribution >= 4 is 87.5 Å². The fourth-order valence-corrected chi connectivity index (χ4v) is 12.1. The molecule has 0 bridgehead atoms. The summed E-state index contributed by atoms with van der Waals surface area (Å²) < 4.78 is 18.4. The summed E-state index contributed by atoms with van der Waals surface area (Å²) in [6, 6.07) is 86.0. The van der Waals surface area contributed by atoms with Crippen molar-refractivity contribution in [3.05, 3.63) is 248 Å². The maximum absolute atomic E-state index is 12.0. The molecule has 0 N–H and O–H groups in total. The number of rotatable bonds is 7. The van der Waals surface area contributed by atoms with E-state index in [2.05, 4.69) is 161 Å². The van der Waals surface area contributed by atoms with Crippen molar-refractivity contribution in [2.75, 3.05) is 0 Å². The van der Waals surface area contributed by atoms with E-state index in [4.69, 9.17) is 23.8 Å². The predicted octanol–water partition coefficient (Wildman–Crippen LogP) is 18.1. The Kier molecular flexibility index (Phi) is 9.53. The number of nitrogens with zero attached hydrogens (tertiary/aromatic N) is 6. The zero-order valence-electron chi connectivity index (χ0n) is 41.6. The number of hydrogen-bond acceptors (Lipinski definition) is 6. The van der Waals surface area contributed by atoms with Crippen molar-refractivity contribution in [3.63, 3.8) is 0 Å². The van der Waals surface area contributed by atoms with Crippen LogP contribution in [0.25, 0.3) is 155 Å². The van der Waals surface area contributed by atoms with Gasteiger partial charge < -0.3 is 18.0 Å². The Balaban J connectivity index is 1.10. The Morgan fingerprint density at radius 2 is 0.756 bits per heavy atom. The van der Waals surface area contributed by atoms with E-state index in [1.807, 2.05) is 97.1 Å². The van der Waals surface area contributed by atoms with E-state index in [1.165, 1.54) is 0 Å². The van der Waals surface area contributed by atoms with E-state index in [0.29, 0.717) is 23.0 Å². The minimum atomic E-state index is 0.473. The first kappa shape index (κ1) is 43.5. The standard InChI is InChI=1S/C70H40N6O2/c71-41-45-40-54(46-26-10-11-29-51(46)70-73-68(43-22-6-2-7-23-43)72-69(74-70)44-24-8-3-9-25-44)65(76-56-33-17-13-31-53(56)63-58(76)39-37-50-48-28-15-19-35-60(48)78-67(50)63)61(42-20-4-1-5-21-42)64(45)75-55-32-16-12-30-52(55)62-57(75)38-36-49-47-27-14-18-34-59(47)77-66(49)62/h1-40H. The Labute approximate surface area is 445 Å². The van der Waals surface area contributed by atoms with Crippen LogP contribution in [0.5, 0.6) is 0 Å². The van der Waals surface area contributed by atoms with E-state index in [-0.39, 0.29) is 0 Å². The number of furan rings is 2. The summed E-state index contributed by atoms with van der Waals surface area (Å²) in [6.45, 7) is 0. The molecule has 0 aliphatic carbocycles. The van der Waals surface area contributed by atoms with Crippen LogP contribution in [-0.4, -0.2) is 24.1 Å². The fraction of sp³-hybridized carbons (Fsp3) is 0. The van der Waals surface area contributed by atoms with Crippen LogP contribution in [-0.2, 0) is 0 Å². The summed E-state index contributed by atoms with van der Waals surface area (Å²) in [5.41, 5.74) is 15.0. The van der Waals surface area contributed by atoms with Gasteiger partial charge in [-0.15, -0.1) is 0 Å². The molecule has 78 heavy (non-hydrogen) atoms. The molecule has 16 aromatic rings. The van der Waals surface area contributed by atoms with Crippen LogP contribution < -0.4 is 0 Å². The van der Waals surface area contributed by atoms with Gasteiger partial charge in [0.15, 0.2) is 17.5 Å². The number of benzene rings is 11. The van der Waals surface area contributed by atoms with Gasteiger partial charge in [0.05, 0.1) is 49.8 Å². The highest BCUT2D eigenvalue weighted by atomic mass is 16.3. The van der Waals surface area contributed by atoms with Crippen molar-refractivity contribution in [2.24, 2.45) is 0 Å². The fourth-order valence-electron chi connectivity index (χ4n) is 12.1. The second kappa shape index (κ2) is 17.1. The Morgan fingerprint density at radius 3 is 1.28 bits per heavy atom. The molecule has 0 fully saturated rings. The van der Waals surface area contributed by atoms with Crippen LogP contribution in [0.15, 0.2) is 251 Å². The van der Waals surface area contributed by atoms with Gasteiger partial charge in [-0.1, -0.05) is 188 Å². The largest absolute Gasteiger partial charge is 0.455 e. The summed E-state index contributed by atoms with van der Waals surface area (Å²) in [4.78, 5) is 15.7. The van der Waals surface area contributed by atoms with Gasteiger partial charge in [0, 0.05) is 60.1 Å². The first-order valence-corrected chi connectivity index (χ1v) is 26.0. The van der Waals surface area contributed by atoms with E-state index in [9.17, 15) is 5.26 Å². The molecule has 11 aromatic carbocycles. The average Bonchev–Trinajstić information content (AvgIpc) is 4.31. The molecule has 16 rings (SSSR count). The molecular formula is C70H40N6O2. The highest BCUT2D eigenvalue weighted by Crippen LogP contribution is 2.51. The minimum Gasteiger partial charge on any atom is -0.455 e. The Hall–Kier alpha value is -10.9. The molecule has 0 radical (unpaired) electrons. The normalized spacial score (nSPS) is 11.8. The van der Waals surface area contributed by atoms with E-state index in [1.54, 1.807) is 0 Å². The smallest absolute Gasteiger partial charge is 0.164 e. The lowest BCUT2D eigenvalue weighted by atomic mass is 9.88. The van der Waals surface area contributed by atoms with E-state index >= 15 is 0 Å². The maximum Gasteiger partial charge on any atom is 0.164 e. The first-order valence-electron chi connectivity index (χ1n) is 26.0. The summed E-state index contributed by atoms with van der Waals surface area (Å²) in [5.74, 6) is 1.60. The second-order valence-corrected chi connectivity index (χ2v) is 19.7. The van der Waals surface area contributed by atoms with E-state index in [0.717, 1.165) is 138 Å². The molecule has 8 heteroatoms. The van der Waals surface area contributed by atoms with E-state index < -0.39 is 0 Å². The van der Waals surface area contributed by atoms with Gasteiger partial charge in [-0.3, -0.25) is 0 Å². The Bertz CT molecular complexity index is 5100. The molecule has 8 nitrogen and oxygen atoms in total. The van der Waals surface area contributed by atoms with Crippen LogP contribution in [0.3, 0.4) is 0 Å². The lowest BCUT2D eigenvalue weighted by Crippen LogP contribution is -2.09. The Morgan fingerprint density at radius 1 is 0.333 bits per heavy atom.